The van der Waals surface area contributed by atoms with Gasteiger partial charge in [0.15, 0.2) is 17.3 Å². The number of hydrazine groups is 1. The summed E-state index contributed by atoms with van der Waals surface area (Å²) in [6.45, 7) is 5.53. The molecule has 0 unspecified atom stereocenters. The molecule has 1 fully saturated rings. The van der Waals surface area contributed by atoms with Gasteiger partial charge in [0.25, 0.3) is 11.8 Å². The van der Waals surface area contributed by atoms with Crippen molar-refractivity contribution < 1.29 is 23.9 Å². The number of carbonyl (C=O) groups is 2. The number of aromatic nitrogens is 1. The molecule has 4 heterocycles. The first-order chi connectivity index (χ1) is 18.0. The molecule has 1 aromatic heterocycles. The summed E-state index contributed by atoms with van der Waals surface area (Å²) >= 11 is 0. The van der Waals surface area contributed by atoms with E-state index in [4.69, 9.17) is 4.84 Å². The second-order valence-electron chi connectivity index (χ2n) is 10.3. The van der Waals surface area contributed by atoms with E-state index in [2.05, 4.69) is 10.5 Å². The Bertz CT molecular complexity index is 1420. The fourth-order valence-electron chi connectivity index (χ4n) is 5.75. The number of fused-ring (bicyclic) bond motifs is 5. The summed E-state index contributed by atoms with van der Waals surface area (Å²) < 4.78 is 15.8. The van der Waals surface area contributed by atoms with E-state index < -0.39 is 40.6 Å². The second kappa shape index (κ2) is 9.12. The number of rotatable bonds is 4. The Hall–Kier alpha value is -3.93. The lowest BCUT2D eigenvalue weighted by atomic mass is 9.95. The smallest absolute Gasteiger partial charge is 0.274 e. The summed E-state index contributed by atoms with van der Waals surface area (Å²) in [6.07, 6.45) is 2.37. The number of aromatic hydroxyl groups is 1. The van der Waals surface area contributed by atoms with Crippen LogP contribution in [0.3, 0.4) is 0 Å². The molecule has 2 bridgehead atoms. The maximum absolute atomic E-state index is 14.3. The first-order valence-electron chi connectivity index (χ1n) is 12.5. The van der Waals surface area contributed by atoms with Gasteiger partial charge in [0.05, 0.1) is 0 Å². The predicted molar refractivity (Wildman–Crippen MR) is 136 cm³/mol. The number of hydrogen-bond acceptors (Lipinski definition) is 8. The fraction of sp³-hybridized carbons (Fsp3) is 0.462. The topological polar surface area (TPSA) is 120 Å². The molecule has 1 spiro atoms. The fourth-order valence-corrected chi connectivity index (χ4v) is 5.75. The number of carbonyl (C=O) groups excluding carboxylic acids is 2. The molecule has 202 valence electrons. The van der Waals surface area contributed by atoms with Crippen molar-refractivity contribution in [3.05, 3.63) is 62.8 Å². The number of aryl methyl sites for hydroxylation is 1. The highest BCUT2D eigenvalue weighted by Crippen LogP contribution is 2.46. The third-order valence-electron chi connectivity index (χ3n) is 7.65. The number of oxime groups is 1. The molecule has 2 N–H and O–H groups in total. The Morgan fingerprint density at radius 2 is 2.05 bits per heavy atom. The van der Waals surface area contributed by atoms with Crippen LogP contribution in [0.2, 0.25) is 0 Å². The van der Waals surface area contributed by atoms with Gasteiger partial charge in [0, 0.05) is 51.4 Å². The van der Waals surface area contributed by atoms with Gasteiger partial charge in [-0.25, -0.2) is 14.4 Å². The summed E-state index contributed by atoms with van der Waals surface area (Å²) in [7, 11) is 3.70. The van der Waals surface area contributed by atoms with E-state index in [-0.39, 0.29) is 36.0 Å². The van der Waals surface area contributed by atoms with Crippen LogP contribution in [0.25, 0.3) is 0 Å². The van der Waals surface area contributed by atoms with Crippen molar-refractivity contribution >= 4 is 17.6 Å². The monoisotopic (exact) mass is 526 g/mol. The number of hydrogen-bond donors (Lipinski definition) is 2. The van der Waals surface area contributed by atoms with Gasteiger partial charge < -0.3 is 24.7 Å². The molecule has 3 atom stereocenters. The van der Waals surface area contributed by atoms with Gasteiger partial charge in [0.2, 0.25) is 11.2 Å². The molecule has 2 amide bonds. The molecule has 0 aliphatic carbocycles. The maximum Gasteiger partial charge on any atom is 0.274 e. The zero-order chi connectivity index (χ0) is 27.5. The van der Waals surface area contributed by atoms with E-state index in [0.29, 0.717) is 18.7 Å². The Kier molecular flexibility index (Phi) is 6.17. The largest absolute Gasteiger partial charge is 0.503 e. The van der Waals surface area contributed by atoms with E-state index in [1.165, 1.54) is 16.8 Å². The first kappa shape index (κ1) is 25.7. The van der Waals surface area contributed by atoms with Gasteiger partial charge in [-0.3, -0.25) is 14.4 Å². The Morgan fingerprint density at radius 1 is 1.32 bits per heavy atom. The highest BCUT2D eigenvalue weighted by atomic mass is 19.1. The van der Waals surface area contributed by atoms with Crippen LogP contribution in [-0.4, -0.2) is 74.6 Å². The van der Waals surface area contributed by atoms with Crippen LogP contribution in [0, 0.1) is 12.7 Å². The van der Waals surface area contributed by atoms with Crippen molar-refractivity contribution in [2.24, 2.45) is 5.16 Å². The summed E-state index contributed by atoms with van der Waals surface area (Å²) in [5.41, 5.74) is -1.61. The minimum absolute atomic E-state index is 0.158. The lowest BCUT2D eigenvalue weighted by Crippen LogP contribution is -2.61. The van der Waals surface area contributed by atoms with Crippen LogP contribution in [-0.2, 0) is 11.4 Å². The lowest BCUT2D eigenvalue weighted by Gasteiger charge is -2.47. The molecule has 0 saturated carbocycles. The molecule has 38 heavy (non-hydrogen) atoms. The SMILES string of the molecule is CC1=NO[C@@]2(CC[C@H](C)N3C[C@H]2n2cc(C(=O)NCc4ccc(C)cc4F)c(=O)c(O)c2C3=O)N1N(C)C. The maximum atomic E-state index is 14.3. The predicted octanol–water partition coefficient (Wildman–Crippen LogP) is 1.95. The average molecular weight is 527 g/mol. The highest BCUT2D eigenvalue weighted by molar-refractivity contribution is 5.99. The van der Waals surface area contributed by atoms with Crippen LogP contribution < -0.4 is 10.7 Å². The van der Waals surface area contributed by atoms with Crippen LogP contribution in [0.1, 0.15) is 64.7 Å². The number of benzene rings is 1. The van der Waals surface area contributed by atoms with E-state index in [9.17, 15) is 23.9 Å². The van der Waals surface area contributed by atoms with Crippen molar-refractivity contribution in [1.29, 1.82) is 0 Å². The molecule has 3 aliphatic heterocycles. The number of halogens is 1. The Balaban J connectivity index is 1.59. The number of pyridine rings is 1. The number of nitrogens with one attached hydrogen (secondary N) is 1. The number of nitrogens with zero attached hydrogens (tertiary/aromatic N) is 5. The molecule has 12 heteroatoms. The minimum Gasteiger partial charge on any atom is -0.503 e. The standard InChI is InChI=1S/C26H31FN6O5/c1-14-6-7-17(19(27)10-14)11-28-24(36)18-12-32-20-13-31(25(37)21(32)23(35)22(18)34)15(2)8-9-26(20)33(30(4)5)16(3)29-38-26/h6-7,10,12,15,20,35H,8-9,11,13H2,1-5H3,(H,28,36)/t15-,20+,26+/m0/s1. The van der Waals surface area contributed by atoms with Crippen molar-refractivity contribution in [3.8, 4) is 5.75 Å². The molecule has 2 aromatic rings. The summed E-state index contributed by atoms with van der Waals surface area (Å²) in [5, 5.41) is 21.5. The van der Waals surface area contributed by atoms with E-state index in [1.54, 1.807) is 24.0 Å². The molecule has 0 radical (unpaired) electrons. The average Bonchev–Trinajstić information content (AvgIpc) is 3.14. The van der Waals surface area contributed by atoms with Crippen molar-refractivity contribution in [2.75, 3.05) is 20.6 Å². The van der Waals surface area contributed by atoms with Gasteiger partial charge in [-0.1, -0.05) is 17.3 Å². The molecule has 1 aromatic carbocycles. The second-order valence-corrected chi connectivity index (χ2v) is 10.3. The van der Waals surface area contributed by atoms with Crippen LogP contribution in [0.15, 0.2) is 34.3 Å². The van der Waals surface area contributed by atoms with Gasteiger partial charge >= 0.3 is 0 Å². The van der Waals surface area contributed by atoms with Gasteiger partial charge in [0.1, 0.15) is 17.4 Å². The number of amides is 2. The molecular weight excluding hydrogens is 495 g/mol. The zero-order valence-corrected chi connectivity index (χ0v) is 22.0. The van der Waals surface area contributed by atoms with Crippen molar-refractivity contribution in [1.82, 2.24) is 24.8 Å². The van der Waals surface area contributed by atoms with Gasteiger partial charge in [-0.2, -0.15) is 0 Å². The molecule has 11 nitrogen and oxygen atoms in total. The van der Waals surface area contributed by atoms with Crippen molar-refractivity contribution in [3.63, 3.8) is 0 Å². The van der Waals surface area contributed by atoms with E-state index >= 15 is 0 Å². The highest BCUT2D eigenvalue weighted by Gasteiger charge is 2.58. The summed E-state index contributed by atoms with van der Waals surface area (Å²) in [6, 6.07) is 3.83. The van der Waals surface area contributed by atoms with Crippen LogP contribution in [0.5, 0.6) is 5.75 Å². The lowest BCUT2D eigenvalue weighted by molar-refractivity contribution is -0.191. The third kappa shape index (κ3) is 3.82. The van der Waals surface area contributed by atoms with Crippen molar-refractivity contribution in [2.45, 2.75) is 58.0 Å². The normalized spacial score (nSPS) is 24.3. The first-order valence-corrected chi connectivity index (χ1v) is 12.5. The molecule has 1 saturated heterocycles. The quantitative estimate of drug-likeness (QED) is 0.625. The zero-order valence-electron chi connectivity index (χ0n) is 22.0. The van der Waals surface area contributed by atoms with E-state index in [0.717, 1.165) is 5.56 Å². The van der Waals surface area contributed by atoms with E-state index in [1.807, 2.05) is 38.0 Å². The Labute approximate surface area is 219 Å². The minimum atomic E-state index is -1.06. The summed E-state index contributed by atoms with van der Waals surface area (Å²) in [4.78, 5) is 47.5. The van der Waals surface area contributed by atoms with Crippen LogP contribution in [0.4, 0.5) is 4.39 Å². The van der Waals surface area contributed by atoms with Gasteiger partial charge in [-0.15, -0.1) is 0 Å². The van der Waals surface area contributed by atoms with Crippen LogP contribution >= 0.6 is 0 Å². The number of amidine groups is 1. The molecular formula is C26H31FN6O5. The molecule has 5 rings (SSSR count). The molecule has 3 aliphatic rings. The summed E-state index contributed by atoms with van der Waals surface area (Å²) in [5.74, 6) is -1.97. The Morgan fingerprint density at radius 3 is 2.74 bits per heavy atom. The van der Waals surface area contributed by atoms with Gasteiger partial charge in [-0.05, 0) is 38.8 Å². The third-order valence-corrected chi connectivity index (χ3v) is 7.65.